The number of nitrogens with one attached hydrogen (secondary N) is 2. The van der Waals surface area contributed by atoms with Gasteiger partial charge in [0.15, 0.2) is 5.82 Å². The van der Waals surface area contributed by atoms with Crippen LogP contribution in [0.3, 0.4) is 0 Å². The number of hydrogen-bond acceptors (Lipinski definition) is 2. The van der Waals surface area contributed by atoms with Crippen molar-refractivity contribution in [3.8, 4) is 0 Å². The van der Waals surface area contributed by atoms with Crippen LogP contribution in [0.15, 0.2) is 60.9 Å². The van der Waals surface area contributed by atoms with Gasteiger partial charge in [0.2, 0.25) is 5.91 Å². The molecule has 4 aromatic rings. The number of aryl methyl sites for hydroxylation is 1. The molecule has 4 rings (SSSR count). The quantitative estimate of drug-likeness (QED) is 0.451. The van der Waals surface area contributed by atoms with Crippen molar-refractivity contribution in [1.29, 1.82) is 0 Å². The minimum absolute atomic E-state index is 0.0775. The average Bonchev–Trinajstić information content (AvgIpc) is 3.30. The summed E-state index contributed by atoms with van der Waals surface area (Å²) in [4.78, 5) is 15.5. The first-order valence-corrected chi connectivity index (χ1v) is 9.67. The van der Waals surface area contributed by atoms with Crippen molar-refractivity contribution < 1.29 is 4.79 Å². The first-order chi connectivity index (χ1) is 13.6. The predicted octanol–water partition coefficient (Wildman–Crippen LogP) is 5.29. The number of para-hydroxylation sites is 1. The number of carbonyl (C=O) groups excluding carboxylic acids is 1. The van der Waals surface area contributed by atoms with E-state index in [1.54, 1.807) is 35.1 Å². The fraction of sp³-hybridized carbons (Fsp3) is 0.143. The first kappa shape index (κ1) is 18.6. The standard InChI is InChI=1S/C21H18Cl2N4O/c22-17-5-3-6-18(23)16(17)13-27-11-10-20(26-27)25-21(28)9-8-14-12-24-19-7-2-1-4-15(14)19/h1-7,10-12,24H,8-9,13H2,(H,25,26,28). The molecule has 142 valence electrons. The van der Waals surface area contributed by atoms with E-state index in [2.05, 4.69) is 21.5 Å². The number of fused-ring (bicyclic) bond motifs is 1. The molecule has 0 fully saturated rings. The summed E-state index contributed by atoms with van der Waals surface area (Å²) in [6, 6.07) is 15.2. The summed E-state index contributed by atoms with van der Waals surface area (Å²) in [6.07, 6.45) is 4.78. The van der Waals surface area contributed by atoms with Crippen molar-refractivity contribution in [1.82, 2.24) is 14.8 Å². The Bertz CT molecular complexity index is 1110. The summed E-state index contributed by atoms with van der Waals surface area (Å²) in [5.74, 6) is 0.429. The molecule has 0 atom stereocenters. The molecule has 2 aromatic heterocycles. The lowest BCUT2D eigenvalue weighted by Gasteiger charge is -2.07. The van der Waals surface area contributed by atoms with Crippen LogP contribution in [0.25, 0.3) is 10.9 Å². The number of anilines is 1. The van der Waals surface area contributed by atoms with Crippen LogP contribution in [0.4, 0.5) is 5.82 Å². The molecule has 0 aliphatic carbocycles. The van der Waals surface area contributed by atoms with Gasteiger partial charge in [-0.3, -0.25) is 9.48 Å². The zero-order valence-corrected chi connectivity index (χ0v) is 16.5. The topological polar surface area (TPSA) is 62.7 Å². The number of nitrogens with zero attached hydrogens (tertiary/aromatic N) is 2. The summed E-state index contributed by atoms with van der Waals surface area (Å²) in [6.45, 7) is 0.434. The van der Waals surface area contributed by atoms with E-state index in [1.807, 2.05) is 24.4 Å². The lowest BCUT2D eigenvalue weighted by Crippen LogP contribution is -2.13. The van der Waals surface area contributed by atoms with Crippen LogP contribution in [-0.2, 0) is 17.8 Å². The fourth-order valence-electron chi connectivity index (χ4n) is 3.15. The summed E-state index contributed by atoms with van der Waals surface area (Å²) < 4.78 is 1.70. The molecule has 2 aromatic carbocycles. The van der Waals surface area contributed by atoms with Crippen molar-refractivity contribution in [3.05, 3.63) is 82.1 Å². The molecule has 0 spiro atoms. The minimum atomic E-state index is -0.0775. The molecule has 0 aliphatic heterocycles. The average molecular weight is 413 g/mol. The molecule has 0 radical (unpaired) electrons. The molecule has 0 saturated carbocycles. The summed E-state index contributed by atoms with van der Waals surface area (Å²) in [5, 5.41) is 9.55. The Morgan fingerprint density at radius 3 is 2.68 bits per heavy atom. The molecule has 28 heavy (non-hydrogen) atoms. The maximum Gasteiger partial charge on any atom is 0.225 e. The summed E-state index contributed by atoms with van der Waals surface area (Å²) >= 11 is 12.4. The number of halogens is 2. The summed E-state index contributed by atoms with van der Waals surface area (Å²) in [7, 11) is 0. The molecular formula is C21H18Cl2N4O. The monoisotopic (exact) mass is 412 g/mol. The number of H-pyrrole nitrogens is 1. The highest BCUT2D eigenvalue weighted by atomic mass is 35.5. The molecule has 0 saturated heterocycles. The van der Waals surface area contributed by atoms with Gasteiger partial charge in [0.1, 0.15) is 0 Å². The number of hydrogen-bond donors (Lipinski definition) is 2. The molecular weight excluding hydrogens is 395 g/mol. The fourth-order valence-corrected chi connectivity index (χ4v) is 3.67. The van der Waals surface area contributed by atoms with Gasteiger partial charge < -0.3 is 10.3 Å². The Morgan fingerprint density at radius 1 is 1.07 bits per heavy atom. The largest absolute Gasteiger partial charge is 0.361 e. The van der Waals surface area contributed by atoms with Gasteiger partial charge in [-0.05, 0) is 30.2 Å². The molecule has 1 amide bonds. The SMILES string of the molecule is O=C(CCc1c[nH]c2ccccc12)Nc1ccn(Cc2c(Cl)cccc2Cl)n1. The smallest absolute Gasteiger partial charge is 0.225 e. The van der Waals surface area contributed by atoms with Crippen molar-refractivity contribution in [2.45, 2.75) is 19.4 Å². The van der Waals surface area contributed by atoms with Crippen LogP contribution in [-0.4, -0.2) is 20.7 Å². The van der Waals surface area contributed by atoms with Crippen molar-refractivity contribution in [2.75, 3.05) is 5.32 Å². The van der Waals surface area contributed by atoms with Crippen LogP contribution in [0.2, 0.25) is 10.0 Å². The van der Waals surface area contributed by atoms with Crippen LogP contribution in [0.5, 0.6) is 0 Å². The third kappa shape index (κ3) is 4.06. The maximum atomic E-state index is 12.3. The Balaban J connectivity index is 1.36. The normalized spacial score (nSPS) is 11.1. The highest BCUT2D eigenvalue weighted by molar-refractivity contribution is 6.35. The van der Waals surface area contributed by atoms with Gasteiger partial charge >= 0.3 is 0 Å². The van der Waals surface area contributed by atoms with Gasteiger partial charge in [0.05, 0.1) is 6.54 Å². The van der Waals surface area contributed by atoms with Gasteiger partial charge in [-0.25, -0.2) is 0 Å². The van der Waals surface area contributed by atoms with Gasteiger partial charge in [-0.1, -0.05) is 47.5 Å². The highest BCUT2D eigenvalue weighted by Gasteiger charge is 2.10. The van der Waals surface area contributed by atoms with E-state index >= 15 is 0 Å². The van der Waals surface area contributed by atoms with E-state index < -0.39 is 0 Å². The Kier molecular flexibility index (Phi) is 5.37. The predicted molar refractivity (Wildman–Crippen MR) is 113 cm³/mol. The number of amides is 1. The zero-order chi connectivity index (χ0) is 19.5. The second-order valence-corrected chi connectivity index (χ2v) is 7.32. The maximum absolute atomic E-state index is 12.3. The van der Waals surface area contributed by atoms with Crippen LogP contribution in [0, 0.1) is 0 Å². The Morgan fingerprint density at radius 2 is 1.86 bits per heavy atom. The van der Waals surface area contributed by atoms with Crippen molar-refractivity contribution in [3.63, 3.8) is 0 Å². The van der Waals surface area contributed by atoms with E-state index in [0.29, 0.717) is 35.2 Å². The van der Waals surface area contributed by atoms with Gasteiger partial charge in [0.25, 0.3) is 0 Å². The number of rotatable bonds is 6. The number of carbonyl (C=O) groups is 1. The van der Waals surface area contributed by atoms with E-state index in [-0.39, 0.29) is 5.91 Å². The molecule has 0 unspecified atom stereocenters. The minimum Gasteiger partial charge on any atom is -0.361 e. The van der Waals surface area contributed by atoms with Crippen LogP contribution < -0.4 is 5.32 Å². The van der Waals surface area contributed by atoms with Gasteiger partial charge in [0, 0.05) is 51.4 Å². The number of benzene rings is 2. The van der Waals surface area contributed by atoms with Crippen LogP contribution in [0.1, 0.15) is 17.5 Å². The Labute approximate surface area is 172 Å². The first-order valence-electron chi connectivity index (χ1n) is 8.91. The van der Waals surface area contributed by atoms with E-state index in [1.165, 1.54) is 0 Å². The number of aromatic amines is 1. The lowest BCUT2D eigenvalue weighted by molar-refractivity contribution is -0.116. The van der Waals surface area contributed by atoms with E-state index in [0.717, 1.165) is 22.0 Å². The number of aromatic nitrogens is 3. The second kappa shape index (κ2) is 8.09. The van der Waals surface area contributed by atoms with Crippen LogP contribution >= 0.6 is 23.2 Å². The van der Waals surface area contributed by atoms with Gasteiger partial charge in [-0.2, -0.15) is 5.10 Å². The molecule has 0 aliphatic rings. The van der Waals surface area contributed by atoms with E-state index in [4.69, 9.17) is 23.2 Å². The van der Waals surface area contributed by atoms with E-state index in [9.17, 15) is 4.79 Å². The molecule has 2 N–H and O–H groups in total. The third-order valence-electron chi connectivity index (χ3n) is 4.59. The van der Waals surface area contributed by atoms with Crippen molar-refractivity contribution >= 4 is 45.8 Å². The highest BCUT2D eigenvalue weighted by Crippen LogP contribution is 2.25. The molecule has 5 nitrogen and oxygen atoms in total. The van der Waals surface area contributed by atoms with Crippen molar-refractivity contribution in [2.24, 2.45) is 0 Å². The molecule has 2 heterocycles. The third-order valence-corrected chi connectivity index (χ3v) is 5.29. The molecule has 7 heteroatoms. The lowest BCUT2D eigenvalue weighted by atomic mass is 10.1. The summed E-state index contributed by atoms with van der Waals surface area (Å²) in [5.41, 5.74) is 3.01. The molecule has 0 bridgehead atoms. The second-order valence-electron chi connectivity index (χ2n) is 6.51. The zero-order valence-electron chi connectivity index (χ0n) is 15.0. The Hall–Kier alpha value is -2.76. The van der Waals surface area contributed by atoms with Gasteiger partial charge in [-0.15, -0.1) is 0 Å².